The van der Waals surface area contributed by atoms with E-state index in [9.17, 15) is 28.9 Å². The molecular formula is C56H93O11P. The van der Waals surface area contributed by atoms with Crippen molar-refractivity contribution >= 4 is 25.7 Å². The first-order chi connectivity index (χ1) is 33.2. The molecule has 0 aromatic heterocycles. The standard InChI is InChI=1S/C56H93O11P/c1-4-7-10-13-16-19-22-25-26-29-32-35-38-41-44-47-56(60)67-53(49-63-54(58)45-42-39-36-33-30-27-23-20-17-14-11-8-5-2)51-65-68(61,62)64-50-52(48-57)66-55(59)46-43-40-37-34-31-28-24-21-18-15-12-9-6-3/h8-9,11-12,17-18,20-21,25-28,30-31,37,40,52-53,57H,4-7,10,13-16,19,22-24,29,32-36,38-39,41-51H2,1-3H3,(H,61,62)/b11-8-,12-9-,20-17-,21-18-,26-25-,30-27-,31-28-,40-37-. The third-order valence-corrected chi connectivity index (χ3v) is 11.4. The molecule has 68 heavy (non-hydrogen) atoms. The van der Waals surface area contributed by atoms with E-state index >= 15 is 0 Å². The summed E-state index contributed by atoms with van der Waals surface area (Å²) in [4.78, 5) is 48.3. The molecular weight excluding hydrogens is 880 g/mol. The second-order valence-corrected chi connectivity index (χ2v) is 18.4. The fourth-order valence-corrected chi connectivity index (χ4v) is 7.34. The molecule has 0 amide bonds. The van der Waals surface area contributed by atoms with Gasteiger partial charge < -0.3 is 24.2 Å². The van der Waals surface area contributed by atoms with Crippen LogP contribution in [-0.2, 0) is 42.2 Å². The highest BCUT2D eigenvalue weighted by Gasteiger charge is 2.28. The number of esters is 3. The van der Waals surface area contributed by atoms with Crippen LogP contribution >= 0.6 is 7.82 Å². The molecule has 0 fully saturated rings. The minimum atomic E-state index is -4.77. The molecule has 3 unspecified atom stereocenters. The van der Waals surface area contributed by atoms with Crippen LogP contribution in [0.5, 0.6) is 0 Å². The molecule has 0 spiro atoms. The van der Waals surface area contributed by atoms with Gasteiger partial charge in [-0.05, 0) is 103 Å². The SMILES string of the molecule is CC/C=C\C/C=C\C/C=C\C/C=C\CCC(=O)OC(CO)COP(=O)(O)OCC(COC(=O)CCCCC/C=C\C/C=C\C/C=C\CC)OC(=O)CCCCCCC/C=C\CCCCCCCC. The highest BCUT2D eigenvalue weighted by atomic mass is 31.2. The Morgan fingerprint density at radius 2 is 0.794 bits per heavy atom. The van der Waals surface area contributed by atoms with Gasteiger partial charge in [-0.1, -0.05) is 176 Å². The van der Waals surface area contributed by atoms with Crippen molar-refractivity contribution in [3.8, 4) is 0 Å². The van der Waals surface area contributed by atoms with Crippen LogP contribution in [0.25, 0.3) is 0 Å². The van der Waals surface area contributed by atoms with E-state index in [1.54, 1.807) is 0 Å². The van der Waals surface area contributed by atoms with Gasteiger partial charge >= 0.3 is 25.7 Å². The van der Waals surface area contributed by atoms with Crippen LogP contribution in [0.4, 0.5) is 0 Å². The Labute approximate surface area is 412 Å². The quantitative estimate of drug-likeness (QED) is 0.0197. The third kappa shape index (κ3) is 47.5. The fourth-order valence-electron chi connectivity index (χ4n) is 6.55. The van der Waals surface area contributed by atoms with Crippen molar-refractivity contribution in [1.82, 2.24) is 0 Å². The molecule has 0 bridgehead atoms. The lowest BCUT2D eigenvalue weighted by Crippen LogP contribution is -2.30. The molecule has 0 aliphatic carbocycles. The van der Waals surface area contributed by atoms with E-state index in [-0.39, 0.29) is 25.9 Å². The average Bonchev–Trinajstić information content (AvgIpc) is 3.32. The van der Waals surface area contributed by atoms with Gasteiger partial charge in [0.15, 0.2) is 6.10 Å². The van der Waals surface area contributed by atoms with Crippen molar-refractivity contribution in [2.75, 3.05) is 26.4 Å². The summed E-state index contributed by atoms with van der Waals surface area (Å²) in [6.07, 6.45) is 56.8. The van der Waals surface area contributed by atoms with Crippen LogP contribution in [0.2, 0.25) is 0 Å². The number of carbonyl (C=O) groups excluding carboxylic acids is 3. The van der Waals surface area contributed by atoms with E-state index in [4.69, 9.17) is 23.3 Å². The molecule has 388 valence electrons. The number of allylic oxidation sites excluding steroid dienone is 16. The average molecular weight is 973 g/mol. The molecule has 0 saturated carbocycles. The van der Waals surface area contributed by atoms with Gasteiger partial charge in [0.1, 0.15) is 12.7 Å². The number of rotatable bonds is 47. The lowest BCUT2D eigenvalue weighted by atomic mass is 10.1. The van der Waals surface area contributed by atoms with Gasteiger partial charge in [0.05, 0.1) is 19.8 Å². The smallest absolute Gasteiger partial charge is 0.462 e. The summed E-state index contributed by atoms with van der Waals surface area (Å²) in [5.74, 6) is -1.61. The van der Waals surface area contributed by atoms with Gasteiger partial charge in [0.25, 0.3) is 0 Å². The topological polar surface area (TPSA) is 155 Å². The van der Waals surface area contributed by atoms with Gasteiger partial charge in [-0.3, -0.25) is 23.4 Å². The molecule has 3 atom stereocenters. The monoisotopic (exact) mass is 973 g/mol. The number of ether oxygens (including phenoxy) is 3. The first-order valence-electron chi connectivity index (χ1n) is 26.1. The van der Waals surface area contributed by atoms with Crippen LogP contribution in [-0.4, -0.2) is 66.5 Å². The van der Waals surface area contributed by atoms with Crippen molar-refractivity contribution in [2.45, 2.75) is 213 Å². The van der Waals surface area contributed by atoms with Crippen LogP contribution in [0, 0.1) is 0 Å². The van der Waals surface area contributed by atoms with E-state index in [1.165, 1.54) is 38.5 Å². The van der Waals surface area contributed by atoms with Crippen molar-refractivity contribution in [2.24, 2.45) is 0 Å². The minimum Gasteiger partial charge on any atom is -0.462 e. The number of unbranched alkanes of at least 4 members (excludes halogenated alkanes) is 14. The van der Waals surface area contributed by atoms with Gasteiger partial charge in [-0.15, -0.1) is 0 Å². The summed E-state index contributed by atoms with van der Waals surface area (Å²) in [5.41, 5.74) is 0. The molecule has 0 aromatic rings. The van der Waals surface area contributed by atoms with Crippen LogP contribution in [0.15, 0.2) is 97.2 Å². The van der Waals surface area contributed by atoms with Crippen LogP contribution in [0.3, 0.4) is 0 Å². The molecule has 12 heteroatoms. The lowest BCUT2D eigenvalue weighted by Gasteiger charge is -2.21. The largest absolute Gasteiger partial charge is 0.472 e. The number of phosphoric ester groups is 1. The second kappa shape index (κ2) is 49.8. The third-order valence-electron chi connectivity index (χ3n) is 10.5. The normalized spacial score (nSPS) is 14.2. The molecule has 0 saturated heterocycles. The molecule has 0 heterocycles. The summed E-state index contributed by atoms with van der Waals surface area (Å²) >= 11 is 0. The van der Waals surface area contributed by atoms with E-state index < -0.39 is 57.8 Å². The summed E-state index contributed by atoms with van der Waals surface area (Å²) < 4.78 is 39.2. The maximum absolute atomic E-state index is 12.8. The van der Waals surface area contributed by atoms with E-state index in [0.29, 0.717) is 19.3 Å². The highest BCUT2D eigenvalue weighted by Crippen LogP contribution is 2.43. The predicted molar refractivity (Wildman–Crippen MR) is 279 cm³/mol. The van der Waals surface area contributed by atoms with E-state index in [1.807, 2.05) is 18.2 Å². The number of hydrogen-bond donors (Lipinski definition) is 2. The summed E-state index contributed by atoms with van der Waals surface area (Å²) in [5, 5.41) is 9.76. The Hall–Kier alpha value is -3.60. The summed E-state index contributed by atoms with van der Waals surface area (Å²) in [7, 11) is -4.77. The number of aliphatic hydroxyl groups is 1. The molecule has 11 nitrogen and oxygen atoms in total. The van der Waals surface area contributed by atoms with Gasteiger partial charge in [0.2, 0.25) is 0 Å². The number of carbonyl (C=O) groups is 3. The van der Waals surface area contributed by atoms with E-state index in [2.05, 4.69) is 99.8 Å². The zero-order valence-corrected chi connectivity index (χ0v) is 43.4. The minimum absolute atomic E-state index is 0.0495. The molecule has 0 radical (unpaired) electrons. The van der Waals surface area contributed by atoms with Crippen molar-refractivity contribution in [1.29, 1.82) is 0 Å². The lowest BCUT2D eigenvalue weighted by molar-refractivity contribution is -0.161. The first kappa shape index (κ1) is 64.4. The predicted octanol–water partition coefficient (Wildman–Crippen LogP) is 14.9. The first-order valence-corrected chi connectivity index (χ1v) is 27.6. The Balaban J connectivity index is 4.86. The van der Waals surface area contributed by atoms with E-state index in [0.717, 1.165) is 103 Å². The molecule has 0 aliphatic heterocycles. The number of aliphatic hydroxyl groups excluding tert-OH is 1. The Bertz CT molecular complexity index is 1510. The Kier molecular flexibility index (Phi) is 47.2. The van der Waals surface area contributed by atoms with Gasteiger partial charge in [-0.25, -0.2) is 4.57 Å². The van der Waals surface area contributed by atoms with Crippen molar-refractivity contribution < 1.29 is 52.2 Å². The number of hydrogen-bond acceptors (Lipinski definition) is 10. The second-order valence-electron chi connectivity index (χ2n) is 16.9. The molecule has 0 rings (SSSR count). The van der Waals surface area contributed by atoms with Crippen molar-refractivity contribution in [3.63, 3.8) is 0 Å². The van der Waals surface area contributed by atoms with Crippen molar-refractivity contribution in [3.05, 3.63) is 97.2 Å². The maximum Gasteiger partial charge on any atom is 0.472 e. The Morgan fingerprint density at radius 1 is 0.426 bits per heavy atom. The highest BCUT2D eigenvalue weighted by molar-refractivity contribution is 7.47. The summed E-state index contributed by atoms with van der Waals surface area (Å²) in [6, 6.07) is 0. The van der Waals surface area contributed by atoms with Gasteiger partial charge in [-0.2, -0.15) is 0 Å². The zero-order valence-electron chi connectivity index (χ0n) is 42.5. The molecule has 2 N–H and O–H groups in total. The maximum atomic E-state index is 12.8. The zero-order chi connectivity index (χ0) is 49.9. The van der Waals surface area contributed by atoms with Crippen LogP contribution in [0.1, 0.15) is 201 Å². The molecule has 0 aliphatic rings. The number of phosphoric acid groups is 1. The van der Waals surface area contributed by atoms with Gasteiger partial charge in [0, 0.05) is 19.3 Å². The fraction of sp³-hybridized carbons (Fsp3) is 0.661. The Morgan fingerprint density at radius 3 is 1.29 bits per heavy atom. The van der Waals surface area contributed by atoms with Crippen LogP contribution < -0.4 is 0 Å². The molecule has 0 aromatic carbocycles. The summed E-state index contributed by atoms with van der Waals surface area (Å²) in [6.45, 7) is 4.25.